The Morgan fingerprint density at radius 2 is 1.81 bits per heavy atom. The van der Waals surface area contributed by atoms with Crippen LogP contribution in [0.5, 0.6) is 0 Å². The molecule has 1 aromatic heterocycles. The largest absolute Gasteiger partial charge is 0.451 e. The minimum Gasteiger partial charge on any atom is -0.451 e. The molecule has 0 atom stereocenters. The number of amides is 2. The first kappa shape index (κ1) is 19.2. The van der Waals surface area contributed by atoms with Crippen molar-refractivity contribution in [3.63, 3.8) is 0 Å². The fourth-order valence-electron chi connectivity index (χ4n) is 2.96. The van der Waals surface area contributed by atoms with E-state index in [1.54, 1.807) is 29.2 Å². The Bertz CT molecular complexity index is 808. The van der Waals surface area contributed by atoms with Gasteiger partial charge in [0.05, 0.1) is 0 Å². The second kappa shape index (κ2) is 8.88. The topological polar surface area (TPSA) is 65.8 Å². The van der Waals surface area contributed by atoms with E-state index in [0.29, 0.717) is 36.2 Å². The van der Waals surface area contributed by atoms with E-state index in [-0.39, 0.29) is 11.8 Å². The fraction of sp³-hybridized carbons (Fsp3) is 0.300. The third kappa shape index (κ3) is 4.99. The van der Waals surface area contributed by atoms with Crippen LogP contribution in [-0.4, -0.2) is 60.9 Å². The number of furan rings is 1. The predicted octanol–water partition coefficient (Wildman–Crippen LogP) is 2.66. The monoisotopic (exact) mass is 387 g/mol. The average Bonchev–Trinajstić information content (AvgIpc) is 3.18. The molecule has 27 heavy (non-hydrogen) atoms. The smallest absolute Gasteiger partial charge is 0.289 e. The molecule has 1 aliphatic rings. The number of rotatable bonds is 6. The first-order valence-electron chi connectivity index (χ1n) is 8.84. The van der Waals surface area contributed by atoms with E-state index >= 15 is 0 Å². The van der Waals surface area contributed by atoms with Gasteiger partial charge in [-0.2, -0.15) is 0 Å². The summed E-state index contributed by atoms with van der Waals surface area (Å²) in [7, 11) is 0. The molecule has 1 N–H and O–H groups in total. The van der Waals surface area contributed by atoms with Gasteiger partial charge < -0.3 is 14.6 Å². The molecule has 3 rings (SSSR count). The molecule has 1 aliphatic heterocycles. The molecule has 1 fully saturated rings. The highest BCUT2D eigenvalue weighted by Crippen LogP contribution is 2.24. The van der Waals surface area contributed by atoms with Crippen LogP contribution < -0.4 is 5.32 Å². The lowest BCUT2D eigenvalue weighted by Crippen LogP contribution is -2.50. The highest BCUT2D eigenvalue weighted by molar-refractivity contribution is 6.30. The van der Waals surface area contributed by atoms with E-state index in [4.69, 9.17) is 16.0 Å². The third-order valence-electron chi connectivity index (χ3n) is 4.52. The Balaban J connectivity index is 1.51. The van der Waals surface area contributed by atoms with Crippen LogP contribution in [0, 0.1) is 0 Å². The van der Waals surface area contributed by atoms with Crippen LogP contribution in [0.15, 0.2) is 53.5 Å². The average molecular weight is 388 g/mol. The summed E-state index contributed by atoms with van der Waals surface area (Å²) in [4.78, 5) is 27.8. The van der Waals surface area contributed by atoms with Gasteiger partial charge in [0.2, 0.25) is 5.91 Å². The van der Waals surface area contributed by atoms with E-state index in [0.717, 1.165) is 25.2 Å². The number of benzene rings is 1. The van der Waals surface area contributed by atoms with Crippen molar-refractivity contribution in [1.82, 2.24) is 15.1 Å². The van der Waals surface area contributed by atoms with E-state index in [2.05, 4.69) is 16.8 Å². The maximum atomic E-state index is 12.7. The van der Waals surface area contributed by atoms with Gasteiger partial charge in [0.15, 0.2) is 5.76 Å². The van der Waals surface area contributed by atoms with Crippen molar-refractivity contribution in [2.45, 2.75) is 0 Å². The summed E-state index contributed by atoms with van der Waals surface area (Å²) in [5.41, 5.74) is 0.879. The second-order valence-corrected chi connectivity index (χ2v) is 6.74. The van der Waals surface area contributed by atoms with Gasteiger partial charge in [-0.25, -0.2) is 0 Å². The molecule has 0 aliphatic carbocycles. The molecule has 0 radical (unpaired) electrons. The SMILES string of the molecule is C=CC(=O)NCCN1CCN(C(=O)c2ccc(-c3ccc(Cl)cc3)o2)CC1. The lowest BCUT2D eigenvalue weighted by molar-refractivity contribution is -0.116. The summed E-state index contributed by atoms with van der Waals surface area (Å²) in [6.07, 6.45) is 1.26. The molecular weight excluding hydrogens is 366 g/mol. The Morgan fingerprint density at radius 1 is 1.11 bits per heavy atom. The zero-order valence-corrected chi connectivity index (χ0v) is 15.7. The van der Waals surface area contributed by atoms with Crippen LogP contribution in [0.1, 0.15) is 10.6 Å². The Labute approximate surface area is 163 Å². The molecular formula is C20H22ClN3O3. The Kier molecular flexibility index (Phi) is 6.32. The van der Waals surface area contributed by atoms with Gasteiger partial charge in [0.1, 0.15) is 5.76 Å². The van der Waals surface area contributed by atoms with Crippen LogP contribution in [0.4, 0.5) is 0 Å². The predicted molar refractivity (Wildman–Crippen MR) is 105 cm³/mol. The highest BCUT2D eigenvalue weighted by Gasteiger charge is 2.24. The number of nitrogens with one attached hydrogen (secondary N) is 1. The second-order valence-electron chi connectivity index (χ2n) is 6.30. The first-order chi connectivity index (χ1) is 13.1. The van der Waals surface area contributed by atoms with Crippen molar-refractivity contribution in [3.05, 3.63) is 59.8 Å². The summed E-state index contributed by atoms with van der Waals surface area (Å²) in [6.45, 7) is 7.54. The number of hydrogen-bond acceptors (Lipinski definition) is 4. The summed E-state index contributed by atoms with van der Waals surface area (Å²) in [5, 5.41) is 3.41. The van der Waals surface area contributed by atoms with Gasteiger partial charge in [0, 0.05) is 49.9 Å². The van der Waals surface area contributed by atoms with E-state index in [9.17, 15) is 9.59 Å². The molecule has 2 heterocycles. The molecule has 1 saturated heterocycles. The minimum atomic E-state index is -0.168. The zero-order chi connectivity index (χ0) is 19.2. The van der Waals surface area contributed by atoms with Crippen molar-refractivity contribution in [1.29, 1.82) is 0 Å². The number of carbonyl (C=O) groups excluding carboxylic acids is 2. The van der Waals surface area contributed by atoms with Crippen LogP contribution in [0.2, 0.25) is 5.02 Å². The van der Waals surface area contributed by atoms with Crippen molar-refractivity contribution in [2.75, 3.05) is 39.3 Å². The lowest BCUT2D eigenvalue weighted by Gasteiger charge is -2.34. The minimum absolute atomic E-state index is 0.102. The quantitative estimate of drug-likeness (QED) is 0.774. The van der Waals surface area contributed by atoms with Gasteiger partial charge in [-0.1, -0.05) is 18.2 Å². The Hall–Kier alpha value is -2.57. The van der Waals surface area contributed by atoms with Crippen LogP contribution in [-0.2, 0) is 4.79 Å². The maximum Gasteiger partial charge on any atom is 0.289 e. The van der Waals surface area contributed by atoms with Gasteiger partial charge in [-0.05, 0) is 42.5 Å². The summed E-state index contributed by atoms with van der Waals surface area (Å²) in [5.74, 6) is 0.714. The molecule has 2 amide bonds. The number of hydrogen-bond donors (Lipinski definition) is 1. The van der Waals surface area contributed by atoms with Crippen LogP contribution >= 0.6 is 11.6 Å². The molecule has 7 heteroatoms. The van der Waals surface area contributed by atoms with Gasteiger partial charge in [-0.15, -0.1) is 0 Å². The van der Waals surface area contributed by atoms with E-state index in [1.165, 1.54) is 6.08 Å². The first-order valence-corrected chi connectivity index (χ1v) is 9.22. The summed E-state index contributed by atoms with van der Waals surface area (Å²) in [6, 6.07) is 10.8. The number of carbonyl (C=O) groups is 2. The van der Waals surface area contributed by atoms with Crippen LogP contribution in [0.3, 0.4) is 0 Å². The number of piperazine rings is 1. The molecule has 0 saturated carbocycles. The maximum absolute atomic E-state index is 12.7. The fourth-order valence-corrected chi connectivity index (χ4v) is 3.09. The third-order valence-corrected chi connectivity index (χ3v) is 4.77. The van der Waals surface area contributed by atoms with Gasteiger partial charge >= 0.3 is 0 Å². The van der Waals surface area contributed by atoms with E-state index < -0.39 is 0 Å². The van der Waals surface area contributed by atoms with Crippen molar-refractivity contribution in [2.24, 2.45) is 0 Å². The highest BCUT2D eigenvalue weighted by atomic mass is 35.5. The van der Waals surface area contributed by atoms with E-state index in [1.807, 2.05) is 12.1 Å². The zero-order valence-electron chi connectivity index (χ0n) is 15.0. The summed E-state index contributed by atoms with van der Waals surface area (Å²) >= 11 is 5.90. The number of nitrogens with zero attached hydrogens (tertiary/aromatic N) is 2. The van der Waals surface area contributed by atoms with Crippen molar-refractivity contribution in [3.8, 4) is 11.3 Å². The standard InChI is InChI=1S/C20H22ClN3O3/c1-2-19(25)22-9-10-23-11-13-24(14-12-23)20(26)18-8-7-17(27-18)15-3-5-16(21)6-4-15/h2-8H,1,9-14H2,(H,22,25). The molecule has 2 aromatic rings. The van der Waals surface area contributed by atoms with Crippen molar-refractivity contribution >= 4 is 23.4 Å². The molecule has 1 aromatic carbocycles. The molecule has 0 bridgehead atoms. The Morgan fingerprint density at radius 3 is 2.48 bits per heavy atom. The van der Waals surface area contributed by atoms with Crippen molar-refractivity contribution < 1.29 is 14.0 Å². The van der Waals surface area contributed by atoms with Gasteiger partial charge in [0.25, 0.3) is 5.91 Å². The van der Waals surface area contributed by atoms with Gasteiger partial charge in [-0.3, -0.25) is 14.5 Å². The molecule has 6 nitrogen and oxygen atoms in total. The normalized spacial score (nSPS) is 14.8. The van der Waals surface area contributed by atoms with Crippen LogP contribution in [0.25, 0.3) is 11.3 Å². The molecule has 0 spiro atoms. The molecule has 142 valence electrons. The summed E-state index contributed by atoms with van der Waals surface area (Å²) < 4.78 is 5.75. The lowest BCUT2D eigenvalue weighted by atomic mass is 10.2. The number of halogens is 1. The molecule has 0 unspecified atom stereocenters.